The van der Waals surface area contributed by atoms with Crippen molar-refractivity contribution in [1.29, 1.82) is 0 Å². The summed E-state index contributed by atoms with van der Waals surface area (Å²) in [5, 5.41) is 13.8. The highest BCUT2D eigenvalue weighted by Crippen LogP contribution is 2.27. The maximum absolute atomic E-state index is 11.9. The number of carbonyl (C=O) groups excluding carboxylic acids is 1. The second-order valence-electron chi connectivity index (χ2n) is 5.63. The van der Waals surface area contributed by atoms with Crippen LogP contribution in [0, 0.1) is 0 Å². The van der Waals surface area contributed by atoms with Crippen LogP contribution in [-0.4, -0.2) is 17.2 Å². The summed E-state index contributed by atoms with van der Waals surface area (Å²) >= 11 is 6.07. The Kier molecular flexibility index (Phi) is 5.71. The molecule has 1 aromatic heterocycles. The number of hydrogen-bond acceptors (Lipinski definition) is 4. The molecule has 0 aliphatic carbocycles. The molecule has 3 aromatic rings. The number of amides is 1. The van der Waals surface area contributed by atoms with E-state index in [1.165, 1.54) is 6.21 Å². The Hall–Kier alpha value is -3.05. The Bertz CT molecular complexity index is 920. The average Bonchev–Trinajstić information content (AvgIpc) is 3.03. The van der Waals surface area contributed by atoms with Crippen molar-refractivity contribution < 1.29 is 14.3 Å². The molecule has 0 spiro atoms. The van der Waals surface area contributed by atoms with E-state index < -0.39 is 0 Å². The first kappa shape index (κ1) is 17.8. The number of rotatable bonds is 6. The Labute approximate surface area is 155 Å². The second-order valence-corrected chi connectivity index (χ2v) is 5.97. The molecule has 132 valence electrons. The summed E-state index contributed by atoms with van der Waals surface area (Å²) in [6.07, 6.45) is 2.08. The summed E-state index contributed by atoms with van der Waals surface area (Å²) in [5.41, 5.74) is 4.64. The molecule has 0 bridgehead atoms. The Morgan fingerprint density at radius 1 is 1.15 bits per heavy atom. The number of hydrazone groups is 1. The van der Waals surface area contributed by atoms with Crippen LogP contribution in [0.3, 0.4) is 0 Å². The third-order valence-corrected chi connectivity index (χ3v) is 4.07. The number of aromatic hydroxyl groups is 1. The molecule has 2 N–H and O–H groups in total. The van der Waals surface area contributed by atoms with Gasteiger partial charge in [0.15, 0.2) is 0 Å². The zero-order chi connectivity index (χ0) is 18.4. The number of aryl methyl sites for hydroxylation is 1. The van der Waals surface area contributed by atoms with Crippen LogP contribution in [0.25, 0.3) is 11.3 Å². The highest BCUT2D eigenvalue weighted by molar-refractivity contribution is 6.31. The van der Waals surface area contributed by atoms with Gasteiger partial charge in [0.1, 0.15) is 11.5 Å². The lowest BCUT2D eigenvalue weighted by Crippen LogP contribution is -2.17. The second kappa shape index (κ2) is 8.36. The first-order valence-electron chi connectivity index (χ1n) is 8.07. The van der Waals surface area contributed by atoms with Gasteiger partial charge in [-0.3, -0.25) is 4.79 Å². The SMILES string of the molecule is O=C(CCc1ccccc1O)N/N=C\c1cc(-c2ccccc2)oc1Cl. The topological polar surface area (TPSA) is 74.8 Å². The van der Waals surface area contributed by atoms with Crippen LogP contribution < -0.4 is 5.43 Å². The number of furan rings is 1. The van der Waals surface area contributed by atoms with E-state index >= 15 is 0 Å². The minimum absolute atomic E-state index is 0.183. The van der Waals surface area contributed by atoms with Crippen molar-refractivity contribution in [2.24, 2.45) is 5.10 Å². The van der Waals surface area contributed by atoms with Gasteiger partial charge in [-0.25, -0.2) is 5.43 Å². The van der Waals surface area contributed by atoms with E-state index in [1.807, 2.05) is 36.4 Å². The van der Waals surface area contributed by atoms with Crippen LogP contribution in [0.15, 0.2) is 70.2 Å². The van der Waals surface area contributed by atoms with Crippen LogP contribution in [0.1, 0.15) is 17.5 Å². The quantitative estimate of drug-likeness (QED) is 0.500. The van der Waals surface area contributed by atoms with Gasteiger partial charge in [-0.05, 0) is 35.7 Å². The lowest BCUT2D eigenvalue weighted by Gasteiger charge is -2.03. The van der Waals surface area contributed by atoms with Crippen molar-refractivity contribution >= 4 is 23.7 Å². The fourth-order valence-corrected chi connectivity index (χ4v) is 2.60. The molecule has 0 atom stereocenters. The summed E-state index contributed by atoms with van der Waals surface area (Å²) < 4.78 is 5.51. The first-order valence-corrected chi connectivity index (χ1v) is 8.45. The zero-order valence-electron chi connectivity index (χ0n) is 13.9. The van der Waals surface area contributed by atoms with Gasteiger partial charge in [0.05, 0.1) is 11.8 Å². The van der Waals surface area contributed by atoms with Gasteiger partial charge in [-0.1, -0.05) is 48.5 Å². The fourth-order valence-electron chi connectivity index (χ4n) is 2.42. The Morgan fingerprint density at radius 2 is 1.88 bits per heavy atom. The van der Waals surface area contributed by atoms with Gasteiger partial charge in [-0.15, -0.1) is 0 Å². The number of nitrogens with one attached hydrogen (secondary N) is 1. The molecular formula is C20H17ClN2O3. The van der Waals surface area contributed by atoms with Crippen molar-refractivity contribution in [2.45, 2.75) is 12.8 Å². The number of carbonyl (C=O) groups is 1. The summed E-state index contributed by atoms with van der Waals surface area (Å²) in [6.45, 7) is 0. The summed E-state index contributed by atoms with van der Waals surface area (Å²) in [5.74, 6) is 0.553. The minimum Gasteiger partial charge on any atom is -0.508 e. The standard InChI is InChI=1S/C20H17ClN2O3/c21-20-16(12-18(26-20)15-7-2-1-3-8-15)13-22-23-19(25)11-10-14-6-4-5-9-17(14)24/h1-9,12-13,24H,10-11H2,(H,23,25)/b22-13-. The molecule has 0 aliphatic rings. The van der Waals surface area contributed by atoms with Crippen molar-refractivity contribution in [3.8, 4) is 17.1 Å². The van der Waals surface area contributed by atoms with Crippen molar-refractivity contribution in [2.75, 3.05) is 0 Å². The van der Waals surface area contributed by atoms with Crippen LogP contribution in [-0.2, 0) is 11.2 Å². The maximum atomic E-state index is 11.9. The molecule has 3 rings (SSSR count). The van der Waals surface area contributed by atoms with Crippen LogP contribution in [0.5, 0.6) is 5.75 Å². The molecule has 0 aliphatic heterocycles. The molecule has 0 saturated carbocycles. The zero-order valence-corrected chi connectivity index (χ0v) is 14.6. The van der Waals surface area contributed by atoms with Crippen molar-refractivity contribution in [3.05, 3.63) is 77.0 Å². The van der Waals surface area contributed by atoms with Crippen molar-refractivity contribution in [1.82, 2.24) is 5.43 Å². The van der Waals surface area contributed by atoms with E-state index in [2.05, 4.69) is 10.5 Å². The van der Waals surface area contributed by atoms with E-state index in [0.717, 1.165) is 11.1 Å². The predicted molar refractivity (Wildman–Crippen MR) is 101 cm³/mol. The molecule has 0 fully saturated rings. The number of nitrogens with zero attached hydrogens (tertiary/aromatic N) is 1. The van der Waals surface area contributed by atoms with E-state index in [1.54, 1.807) is 24.3 Å². The highest BCUT2D eigenvalue weighted by atomic mass is 35.5. The first-order chi connectivity index (χ1) is 12.6. The largest absolute Gasteiger partial charge is 0.508 e. The molecule has 0 unspecified atom stereocenters. The molecule has 0 saturated heterocycles. The van der Waals surface area contributed by atoms with Gasteiger partial charge < -0.3 is 9.52 Å². The normalized spacial score (nSPS) is 11.0. The molecule has 26 heavy (non-hydrogen) atoms. The van der Waals surface area contributed by atoms with Crippen molar-refractivity contribution in [3.63, 3.8) is 0 Å². The number of phenols is 1. The highest BCUT2D eigenvalue weighted by Gasteiger charge is 2.09. The summed E-state index contributed by atoms with van der Waals surface area (Å²) in [6, 6.07) is 18.2. The van der Waals surface area contributed by atoms with Crippen LogP contribution in [0.4, 0.5) is 0 Å². The number of phenolic OH excluding ortho intramolecular Hbond substituents is 1. The summed E-state index contributed by atoms with van der Waals surface area (Å²) in [4.78, 5) is 11.9. The van der Waals surface area contributed by atoms with E-state index in [-0.39, 0.29) is 23.3 Å². The molecule has 5 nitrogen and oxygen atoms in total. The Morgan fingerprint density at radius 3 is 2.65 bits per heavy atom. The lowest BCUT2D eigenvalue weighted by atomic mass is 10.1. The van der Waals surface area contributed by atoms with Crippen LogP contribution >= 0.6 is 11.6 Å². The number of halogens is 1. The molecule has 1 amide bonds. The van der Waals surface area contributed by atoms with Gasteiger partial charge in [0.2, 0.25) is 11.1 Å². The van der Waals surface area contributed by atoms with E-state index in [0.29, 0.717) is 17.7 Å². The maximum Gasteiger partial charge on any atom is 0.240 e. The smallest absolute Gasteiger partial charge is 0.240 e. The third-order valence-electron chi connectivity index (χ3n) is 3.78. The van der Waals surface area contributed by atoms with Gasteiger partial charge >= 0.3 is 0 Å². The predicted octanol–water partition coefficient (Wildman–Crippen LogP) is 4.39. The van der Waals surface area contributed by atoms with Gasteiger partial charge in [-0.2, -0.15) is 5.10 Å². The van der Waals surface area contributed by atoms with Gasteiger partial charge in [0.25, 0.3) is 0 Å². The summed E-state index contributed by atoms with van der Waals surface area (Å²) in [7, 11) is 0. The van der Waals surface area contributed by atoms with Crippen LogP contribution in [0.2, 0.25) is 5.22 Å². The van der Waals surface area contributed by atoms with Gasteiger partial charge in [0, 0.05) is 12.0 Å². The fraction of sp³-hybridized carbons (Fsp3) is 0.100. The lowest BCUT2D eigenvalue weighted by molar-refractivity contribution is -0.121. The number of hydrogen-bond donors (Lipinski definition) is 2. The average molecular weight is 369 g/mol. The third kappa shape index (κ3) is 4.52. The molecule has 6 heteroatoms. The molecule has 0 radical (unpaired) electrons. The molecular weight excluding hydrogens is 352 g/mol. The number of benzene rings is 2. The van der Waals surface area contributed by atoms with E-state index in [4.69, 9.17) is 16.0 Å². The monoisotopic (exact) mass is 368 g/mol. The Balaban J connectivity index is 1.56. The minimum atomic E-state index is -0.257. The van der Waals surface area contributed by atoms with E-state index in [9.17, 15) is 9.90 Å². The molecule has 1 heterocycles. The molecule has 2 aromatic carbocycles. The number of para-hydroxylation sites is 1.